The smallest absolute Gasteiger partial charge is 0.352 e. The third-order valence-corrected chi connectivity index (χ3v) is 2.14. The molecule has 2 N–H and O–H groups in total. The van der Waals surface area contributed by atoms with Gasteiger partial charge in [0.2, 0.25) is 5.91 Å². The zero-order valence-corrected chi connectivity index (χ0v) is 9.90. The summed E-state index contributed by atoms with van der Waals surface area (Å²) in [5.41, 5.74) is 0.552. The summed E-state index contributed by atoms with van der Waals surface area (Å²) in [7, 11) is 1.47. The van der Waals surface area contributed by atoms with Crippen LogP contribution in [0.1, 0.15) is 30.3 Å². The molecule has 1 amide bonds. The normalized spacial score (nSPS) is 10.2. The highest BCUT2D eigenvalue weighted by molar-refractivity contribution is 5.93. The molecule has 6 nitrogen and oxygen atoms in total. The second-order valence-corrected chi connectivity index (χ2v) is 3.60. The summed E-state index contributed by atoms with van der Waals surface area (Å²) in [6.45, 7) is 2.03. The molecule has 0 bridgehead atoms. The Bertz CT molecular complexity index is 412. The molecule has 0 saturated carbocycles. The van der Waals surface area contributed by atoms with Crippen molar-refractivity contribution < 1.29 is 19.4 Å². The third-order valence-electron chi connectivity index (χ3n) is 2.14. The Balaban J connectivity index is 2.84. The number of nitrogens with zero attached hydrogens (tertiary/aromatic N) is 1. The highest BCUT2D eigenvalue weighted by atomic mass is 16.5. The van der Waals surface area contributed by atoms with Crippen molar-refractivity contribution in [3.63, 3.8) is 0 Å². The number of carboxylic acids is 1. The maximum atomic E-state index is 11.4. The number of aromatic nitrogens is 1. The van der Waals surface area contributed by atoms with E-state index >= 15 is 0 Å². The highest BCUT2D eigenvalue weighted by Crippen LogP contribution is 2.14. The summed E-state index contributed by atoms with van der Waals surface area (Å²) in [6, 6.07) is 1.41. The van der Waals surface area contributed by atoms with Gasteiger partial charge in [-0.15, -0.1) is 0 Å². The minimum atomic E-state index is -1.06. The lowest BCUT2D eigenvalue weighted by Gasteiger charge is -2.03. The van der Waals surface area contributed by atoms with Gasteiger partial charge in [-0.05, 0) is 12.5 Å². The molecule has 1 aromatic rings. The van der Waals surface area contributed by atoms with Crippen LogP contribution in [0.2, 0.25) is 0 Å². The van der Waals surface area contributed by atoms with Crippen LogP contribution < -0.4 is 5.32 Å². The van der Waals surface area contributed by atoms with E-state index in [1.165, 1.54) is 17.7 Å². The molecule has 17 heavy (non-hydrogen) atoms. The van der Waals surface area contributed by atoms with Crippen molar-refractivity contribution in [3.05, 3.63) is 18.0 Å². The summed E-state index contributed by atoms with van der Waals surface area (Å²) >= 11 is 0. The van der Waals surface area contributed by atoms with Gasteiger partial charge in [0.25, 0.3) is 0 Å². The minimum absolute atomic E-state index is 0.0821. The first kappa shape index (κ1) is 13.2. The highest BCUT2D eigenvalue weighted by Gasteiger charge is 2.13. The molecule has 0 radical (unpaired) electrons. The van der Waals surface area contributed by atoms with Crippen molar-refractivity contribution in [2.75, 3.05) is 12.4 Å². The van der Waals surface area contributed by atoms with Gasteiger partial charge in [0.1, 0.15) is 12.4 Å². The number of carbonyl (C=O) groups is 2. The topological polar surface area (TPSA) is 80.6 Å². The molecule has 0 saturated heterocycles. The van der Waals surface area contributed by atoms with Gasteiger partial charge < -0.3 is 19.7 Å². The van der Waals surface area contributed by atoms with E-state index in [4.69, 9.17) is 9.84 Å². The Hall–Kier alpha value is -1.82. The van der Waals surface area contributed by atoms with E-state index < -0.39 is 5.97 Å². The molecule has 0 aromatic carbocycles. The molecule has 1 rings (SSSR count). The minimum Gasteiger partial charge on any atom is -0.477 e. The number of hydrogen-bond acceptors (Lipinski definition) is 3. The number of aromatic carboxylic acids is 1. The summed E-state index contributed by atoms with van der Waals surface area (Å²) in [5, 5.41) is 11.6. The molecule has 6 heteroatoms. The number of carbonyl (C=O) groups excluding carboxylic acids is 1. The Kier molecular flexibility index (Phi) is 4.71. The van der Waals surface area contributed by atoms with Crippen LogP contribution in [0.15, 0.2) is 12.3 Å². The molecule has 0 spiro atoms. The Morgan fingerprint density at radius 2 is 2.24 bits per heavy atom. The molecular formula is C11H16N2O4. The second kappa shape index (κ2) is 6.05. The zero-order valence-electron chi connectivity index (χ0n) is 9.90. The van der Waals surface area contributed by atoms with Gasteiger partial charge in [0.15, 0.2) is 0 Å². The lowest BCUT2D eigenvalue weighted by Crippen LogP contribution is -2.10. The molecule has 1 heterocycles. The van der Waals surface area contributed by atoms with Crippen LogP contribution in [-0.4, -0.2) is 28.7 Å². The van der Waals surface area contributed by atoms with Gasteiger partial charge in [0, 0.05) is 19.7 Å². The predicted octanol–water partition coefficient (Wildman–Crippen LogP) is 1.53. The van der Waals surface area contributed by atoms with E-state index in [2.05, 4.69) is 5.32 Å². The number of anilines is 1. The number of methoxy groups -OCH3 is 1. The van der Waals surface area contributed by atoms with Crippen LogP contribution >= 0.6 is 0 Å². The lowest BCUT2D eigenvalue weighted by molar-refractivity contribution is -0.116. The maximum Gasteiger partial charge on any atom is 0.352 e. The van der Waals surface area contributed by atoms with Crippen LogP contribution in [0.3, 0.4) is 0 Å². The van der Waals surface area contributed by atoms with E-state index in [0.717, 1.165) is 6.42 Å². The first-order valence-electron chi connectivity index (χ1n) is 5.30. The quantitative estimate of drug-likeness (QED) is 0.790. The fourth-order valence-electron chi connectivity index (χ4n) is 1.45. The maximum absolute atomic E-state index is 11.4. The van der Waals surface area contributed by atoms with Crippen molar-refractivity contribution in [3.8, 4) is 0 Å². The van der Waals surface area contributed by atoms with Crippen LogP contribution in [0, 0.1) is 0 Å². The van der Waals surface area contributed by atoms with Crippen molar-refractivity contribution in [1.29, 1.82) is 0 Å². The summed E-state index contributed by atoms with van der Waals surface area (Å²) in [4.78, 5) is 22.3. The lowest BCUT2D eigenvalue weighted by atomic mass is 10.3. The van der Waals surface area contributed by atoms with Gasteiger partial charge in [-0.25, -0.2) is 4.79 Å². The molecule has 0 fully saturated rings. The van der Waals surface area contributed by atoms with E-state index in [9.17, 15) is 9.59 Å². The first-order chi connectivity index (χ1) is 8.08. The predicted molar refractivity (Wildman–Crippen MR) is 61.9 cm³/mol. The fourth-order valence-corrected chi connectivity index (χ4v) is 1.45. The van der Waals surface area contributed by atoms with Crippen LogP contribution in [0.25, 0.3) is 0 Å². The van der Waals surface area contributed by atoms with Gasteiger partial charge in [0.05, 0.1) is 5.69 Å². The SMILES string of the molecule is CCCC(=O)Nc1cc(C(=O)O)n(COC)c1. The van der Waals surface area contributed by atoms with E-state index in [1.807, 2.05) is 6.92 Å². The Morgan fingerprint density at radius 3 is 2.76 bits per heavy atom. The molecule has 0 atom stereocenters. The number of nitrogens with one attached hydrogen (secondary N) is 1. The fraction of sp³-hybridized carbons (Fsp3) is 0.455. The van der Waals surface area contributed by atoms with Gasteiger partial charge in [-0.2, -0.15) is 0 Å². The molecule has 0 unspecified atom stereocenters. The van der Waals surface area contributed by atoms with Crippen molar-refractivity contribution in [2.24, 2.45) is 0 Å². The molecule has 0 aliphatic heterocycles. The monoisotopic (exact) mass is 240 g/mol. The van der Waals surface area contributed by atoms with E-state index in [-0.39, 0.29) is 18.3 Å². The molecule has 0 aliphatic carbocycles. The zero-order chi connectivity index (χ0) is 12.8. The standard InChI is InChI=1S/C11H16N2O4/c1-3-4-10(14)12-8-5-9(11(15)16)13(6-8)7-17-2/h5-6H,3-4,7H2,1-2H3,(H,12,14)(H,15,16). The van der Waals surface area contributed by atoms with Crippen molar-refractivity contribution in [1.82, 2.24) is 4.57 Å². The summed E-state index contributed by atoms with van der Waals surface area (Å²) < 4.78 is 6.29. The number of amides is 1. The molecular weight excluding hydrogens is 224 g/mol. The average Bonchev–Trinajstić information content (AvgIpc) is 2.62. The first-order valence-corrected chi connectivity index (χ1v) is 5.30. The third kappa shape index (κ3) is 3.60. The van der Waals surface area contributed by atoms with Crippen molar-refractivity contribution >= 4 is 17.6 Å². The summed E-state index contributed by atoms with van der Waals surface area (Å²) in [5.74, 6) is -1.18. The van der Waals surface area contributed by atoms with Gasteiger partial charge in [-0.3, -0.25) is 4.79 Å². The largest absolute Gasteiger partial charge is 0.477 e. The summed E-state index contributed by atoms with van der Waals surface area (Å²) in [6.07, 6.45) is 2.70. The molecule has 94 valence electrons. The van der Waals surface area contributed by atoms with E-state index in [1.54, 1.807) is 6.20 Å². The van der Waals surface area contributed by atoms with Crippen molar-refractivity contribution in [2.45, 2.75) is 26.5 Å². The van der Waals surface area contributed by atoms with Gasteiger partial charge >= 0.3 is 5.97 Å². The van der Waals surface area contributed by atoms with Gasteiger partial charge in [-0.1, -0.05) is 6.92 Å². The molecule has 1 aromatic heterocycles. The number of rotatable bonds is 6. The number of carboxylic acid groups (broad SMARTS) is 1. The average molecular weight is 240 g/mol. The van der Waals surface area contributed by atoms with Crippen LogP contribution in [-0.2, 0) is 16.3 Å². The van der Waals surface area contributed by atoms with Crippen LogP contribution in [0.4, 0.5) is 5.69 Å². The molecule has 0 aliphatic rings. The number of hydrogen-bond donors (Lipinski definition) is 2. The van der Waals surface area contributed by atoms with E-state index in [0.29, 0.717) is 12.1 Å². The number of ether oxygens (including phenoxy) is 1. The Morgan fingerprint density at radius 1 is 1.53 bits per heavy atom. The Labute approximate surface area is 99.2 Å². The second-order valence-electron chi connectivity index (χ2n) is 3.60. The van der Waals surface area contributed by atoms with Crippen LogP contribution in [0.5, 0.6) is 0 Å².